The van der Waals surface area contributed by atoms with Gasteiger partial charge in [-0.05, 0) is 31.0 Å². The average molecular weight is 283 g/mol. The van der Waals surface area contributed by atoms with Gasteiger partial charge in [0.05, 0.1) is 25.4 Å². The first-order valence-corrected chi connectivity index (χ1v) is 7.00. The molecule has 20 heavy (non-hydrogen) atoms. The Bertz CT molecular complexity index is 412. The molecule has 1 saturated heterocycles. The van der Waals surface area contributed by atoms with Crippen LogP contribution in [0.4, 0.5) is 4.39 Å². The summed E-state index contributed by atoms with van der Waals surface area (Å²) in [7, 11) is 0. The molecule has 1 heterocycles. The molecule has 0 aliphatic carbocycles. The molecule has 0 amide bonds. The Morgan fingerprint density at radius 3 is 2.75 bits per heavy atom. The van der Waals surface area contributed by atoms with E-state index in [0.717, 1.165) is 12.1 Å². The molecule has 112 valence electrons. The largest absolute Gasteiger partial charge is 0.394 e. The lowest BCUT2D eigenvalue weighted by atomic mass is 10.1. The lowest BCUT2D eigenvalue weighted by molar-refractivity contribution is -0.0800. The van der Waals surface area contributed by atoms with Crippen LogP contribution < -0.4 is 0 Å². The van der Waals surface area contributed by atoms with Crippen LogP contribution in [0.15, 0.2) is 24.3 Å². The molecule has 0 saturated carbocycles. The summed E-state index contributed by atoms with van der Waals surface area (Å²) in [6.45, 7) is 4.08. The maximum absolute atomic E-state index is 12.8. The van der Waals surface area contributed by atoms with Gasteiger partial charge >= 0.3 is 0 Å². The maximum Gasteiger partial charge on any atom is 0.123 e. The van der Waals surface area contributed by atoms with Crippen molar-refractivity contribution in [3.8, 4) is 0 Å². The molecule has 0 aromatic heterocycles. The predicted octanol–water partition coefficient (Wildman–Crippen LogP) is 1.33. The SMILES string of the molecule is CC1COC(CO)CN1CCC(O)c1ccc(F)cc1. The average Bonchev–Trinajstić information content (AvgIpc) is 2.47. The Balaban J connectivity index is 1.85. The van der Waals surface area contributed by atoms with E-state index in [1.54, 1.807) is 12.1 Å². The van der Waals surface area contributed by atoms with Crippen LogP contribution in [0, 0.1) is 5.82 Å². The Kier molecular flexibility index (Phi) is 5.48. The predicted molar refractivity (Wildman–Crippen MR) is 73.8 cm³/mol. The molecular weight excluding hydrogens is 261 g/mol. The van der Waals surface area contributed by atoms with Gasteiger partial charge in [0.25, 0.3) is 0 Å². The van der Waals surface area contributed by atoms with Crippen LogP contribution in [0.2, 0.25) is 0 Å². The first kappa shape index (κ1) is 15.4. The van der Waals surface area contributed by atoms with Crippen LogP contribution in [-0.2, 0) is 4.74 Å². The molecule has 1 fully saturated rings. The maximum atomic E-state index is 12.8. The zero-order chi connectivity index (χ0) is 14.5. The van der Waals surface area contributed by atoms with Crippen LogP contribution in [0.25, 0.3) is 0 Å². The van der Waals surface area contributed by atoms with Gasteiger partial charge in [-0.15, -0.1) is 0 Å². The molecule has 5 heteroatoms. The molecule has 0 spiro atoms. The molecule has 2 rings (SSSR count). The smallest absolute Gasteiger partial charge is 0.123 e. The molecular formula is C15H22FNO3. The summed E-state index contributed by atoms with van der Waals surface area (Å²) in [5, 5.41) is 19.3. The lowest BCUT2D eigenvalue weighted by Gasteiger charge is -2.37. The zero-order valence-corrected chi connectivity index (χ0v) is 11.7. The highest BCUT2D eigenvalue weighted by Gasteiger charge is 2.25. The van der Waals surface area contributed by atoms with Crippen molar-refractivity contribution in [1.29, 1.82) is 0 Å². The molecule has 1 aliphatic heterocycles. The topological polar surface area (TPSA) is 52.9 Å². The van der Waals surface area contributed by atoms with Crippen LogP contribution in [0.5, 0.6) is 0 Å². The van der Waals surface area contributed by atoms with Gasteiger partial charge in [-0.3, -0.25) is 4.90 Å². The molecule has 0 radical (unpaired) electrons. The zero-order valence-electron chi connectivity index (χ0n) is 11.7. The summed E-state index contributed by atoms with van der Waals surface area (Å²) >= 11 is 0. The Hall–Kier alpha value is -1.01. The van der Waals surface area contributed by atoms with Gasteiger partial charge in [-0.2, -0.15) is 0 Å². The second-order valence-corrected chi connectivity index (χ2v) is 5.34. The number of benzene rings is 1. The molecule has 2 N–H and O–H groups in total. The van der Waals surface area contributed by atoms with Gasteiger partial charge in [0.1, 0.15) is 5.82 Å². The highest BCUT2D eigenvalue weighted by Crippen LogP contribution is 2.19. The van der Waals surface area contributed by atoms with E-state index in [4.69, 9.17) is 9.84 Å². The van der Waals surface area contributed by atoms with E-state index < -0.39 is 6.10 Å². The Morgan fingerprint density at radius 2 is 2.10 bits per heavy atom. The van der Waals surface area contributed by atoms with Crippen LogP contribution >= 0.6 is 0 Å². The number of nitrogens with zero attached hydrogens (tertiary/aromatic N) is 1. The first-order valence-electron chi connectivity index (χ1n) is 7.00. The molecule has 1 aliphatic rings. The first-order chi connectivity index (χ1) is 9.60. The van der Waals surface area contributed by atoms with Crippen molar-refractivity contribution < 1.29 is 19.3 Å². The van der Waals surface area contributed by atoms with Crippen molar-refractivity contribution in [2.45, 2.75) is 31.6 Å². The van der Waals surface area contributed by atoms with Crippen molar-refractivity contribution in [3.05, 3.63) is 35.6 Å². The quantitative estimate of drug-likeness (QED) is 0.856. The lowest BCUT2D eigenvalue weighted by Crippen LogP contribution is -2.49. The van der Waals surface area contributed by atoms with Gasteiger partial charge in [-0.25, -0.2) is 4.39 Å². The van der Waals surface area contributed by atoms with Gasteiger partial charge < -0.3 is 14.9 Å². The van der Waals surface area contributed by atoms with E-state index in [9.17, 15) is 9.50 Å². The van der Waals surface area contributed by atoms with Crippen LogP contribution in [-0.4, -0.2) is 53.6 Å². The number of aliphatic hydroxyl groups excluding tert-OH is 2. The minimum Gasteiger partial charge on any atom is -0.394 e. The van der Waals surface area contributed by atoms with E-state index in [1.165, 1.54) is 12.1 Å². The van der Waals surface area contributed by atoms with Crippen LogP contribution in [0.1, 0.15) is 25.0 Å². The molecule has 3 unspecified atom stereocenters. The van der Waals surface area contributed by atoms with Gasteiger partial charge in [0.15, 0.2) is 0 Å². The normalized spacial score (nSPS) is 25.6. The fourth-order valence-electron chi connectivity index (χ4n) is 2.44. The number of halogens is 1. The van der Waals surface area contributed by atoms with Crippen LogP contribution in [0.3, 0.4) is 0 Å². The number of hydrogen-bond acceptors (Lipinski definition) is 4. The highest BCUT2D eigenvalue weighted by molar-refractivity contribution is 5.18. The van der Waals surface area contributed by atoms with Gasteiger partial charge in [0.2, 0.25) is 0 Å². The molecule has 3 atom stereocenters. The van der Waals surface area contributed by atoms with Crippen molar-refractivity contribution in [2.75, 3.05) is 26.3 Å². The second kappa shape index (κ2) is 7.13. The summed E-state index contributed by atoms with van der Waals surface area (Å²) in [5.41, 5.74) is 0.728. The number of morpholine rings is 1. The molecule has 4 nitrogen and oxygen atoms in total. The molecule has 1 aromatic carbocycles. The summed E-state index contributed by atoms with van der Waals surface area (Å²) in [5.74, 6) is -0.298. The minimum atomic E-state index is -0.599. The third kappa shape index (κ3) is 3.99. The highest BCUT2D eigenvalue weighted by atomic mass is 19.1. The van der Waals surface area contributed by atoms with E-state index in [1.807, 2.05) is 0 Å². The molecule has 1 aromatic rings. The summed E-state index contributed by atoms with van der Waals surface area (Å²) < 4.78 is 18.3. The standard InChI is InChI=1S/C15H22FNO3/c1-11-10-20-14(9-18)8-17(11)7-6-15(19)12-2-4-13(16)5-3-12/h2-5,11,14-15,18-19H,6-10H2,1H3. The third-order valence-corrected chi connectivity index (χ3v) is 3.78. The minimum absolute atomic E-state index is 0.0176. The van der Waals surface area contributed by atoms with E-state index >= 15 is 0 Å². The third-order valence-electron chi connectivity index (χ3n) is 3.78. The van der Waals surface area contributed by atoms with E-state index in [0.29, 0.717) is 19.6 Å². The van der Waals surface area contributed by atoms with Gasteiger partial charge in [0, 0.05) is 19.1 Å². The number of rotatable bonds is 5. The Labute approximate surface area is 118 Å². The fourth-order valence-corrected chi connectivity index (χ4v) is 2.44. The van der Waals surface area contributed by atoms with E-state index in [-0.39, 0.29) is 24.6 Å². The summed E-state index contributed by atoms with van der Waals surface area (Å²) in [4.78, 5) is 2.21. The molecule has 0 bridgehead atoms. The summed E-state index contributed by atoms with van der Waals surface area (Å²) in [6, 6.07) is 6.21. The van der Waals surface area contributed by atoms with Crippen molar-refractivity contribution in [3.63, 3.8) is 0 Å². The van der Waals surface area contributed by atoms with E-state index in [2.05, 4.69) is 11.8 Å². The second-order valence-electron chi connectivity index (χ2n) is 5.34. The van der Waals surface area contributed by atoms with Crippen molar-refractivity contribution in [1.82, 2.24) is 4.90 Å². The Morgan fingerprint density at radius 1 is 1.40 bits per heavy atom. The van der Waals surface area contributed by atoms with Crippen molar-refractivity contribution >= 4 is 0 Å². The van der Waals surface area contributed by atoms with Gasteiger partial charge in [-0.1, -0.05) is 12.1 Å². The van der Waals surface area contributed by atoms with Crippen molar-refractivity contribution in [2.24, 2.45) is 0 Å². The fraction of sp³-hybridized carbons (Fsp3) is 0.600. The number of ether oxygens (including phenoxy) is 1. The number of aliphatic hydroxyl groups is 2. The monoisotopic (exact) mass is 283 g/mol. The summed E-state index contributed by atoms with van der Waals surface area (Å²) in [6.07, 6.45) is -0.166. The number of hydrogen-bond donors (Lipinski definition) is 2.